The maximum Gasteiger partial charge on any atom is 0.322 e. The van der Waals surface area contributed by atoms with Gasteiger partial charge in [-0.25, -0.2) is 17.8 Å². The van der Waals surface area contributed by atoms with E-state index in [4.69, 9.17) is 4.52 Å². The van der Waals surface area contributed by atoms with Crippen LogP contribution in [0.4, 0.5) is 8.78 Å². The van der Waals surface area contributed by atoms with Crippen LogP contribution in [0.3, 0.4) is 0 Å². The molecule has 6 rings (SSSR count). The Morgan fingerprint density at radius 1 is 1.13 bits per heavy atom. The molecular weight excluding hydrogens is 630 g/mol. The molecule has 238 valence electrons. The van der Waals surface area contributed by atoms with Gasteiger partial charge in [-0.05, 0) is 54.0 Å². The number of rotatable bonds is 9. The van der Waals surface area contributed by atoms with Crippen molar-refractivity contribution >= 4 is 33.2 Å². The number of halogens is 2. The van der Waals surface area contributed by atoms with Crippen LogP contribution in [0.1, 0.15) is 48.4 Å². The summed E-state index contributed by atoms with van der Waals surface area (Å²) in [4.78, 5) is 33.1. The number of carbonyl (C=O) groups is 2. The first-order valence-corrected chi connectivity index (χ1v) is 16.7. The Hall–Kier alpha value is -4.09. The molecule has 0 unspecified atom stereocenters. The quantitative estimate of drug-likeness (QED) is 0.285. The minimum atomic E-state index is -4.00. The number of fused-ring (bicyclic) bond motifs is 1. The minimum Gasteiger partial charge on any atom is -0.341 e. The van der Waals surface area contributed by atoms with Crippen molar-refractivity contribution in [2.75, 3.05) is 19.6 Å². The maximum atomic E-state index is 13.5. The number of nitrogens with one attached hydrogen (secondary N) is 1. The van der Waals surface area contributed by atoms with Crippen LogP contribution in [-0.2, 0) is 45.7 Å². The van der Waals surface area contributed by atoms with Crippen LogP contribution in [0, 0.1) is 0 Å². The van der Waals surface area contributed by atoms with E-state index in [0.29, 0.717) is 62.2 Å². The topological polar surface area (TPSA) is 156 Å². The number of hydrogen-bond donors (Lipinski definition) is 1. The second-order valence-electron chi connectivity index (χ2n) is 11.1. The van der Waals surface area contributed by atoms with Crippen molar-refractivity contribution in [2.45, 2.75) is 62.6 Å². The van der Waals surface area contributed by atoms with Gasteiger partial charge in [0.05, 0.1) is 28.2 Å². The summed E-state index contributed by atoms with van der Waals surface area (Å²) in [5.41, 5.74) is 1.60. The van der Waals surface area contributed by atoms with Gasteiger partial charge in [-0.1, -0.05) is 22.5 Å². The Bertz CT molecular complexity index is 1790. The van der Waals surface area contributed by atoms with E-state index in [1.807, 2.05) is 17.5 Å². The van der Waals surface area contributed by atoms with Crippen LogP contribution in [0.15, 0.2) is 51.3 Å². The van der Waals surface area contributed by atoms with Crippen molar-refractivity contribution in [1.29, 1.82) is 0 Å². The van der Waals surface area contributed by atoms with E-state index in [2.05, 4.69) is 25.2 Å². The first kappa shape index (κ1) is 30.9. The van der Waals surface area contributed by atoms with E-state index in [1.165, 1.54) is 34.3 Å². The van der Waals surface area contributed by atoms with Gasteiger partial charge in [0.1, 0.15) is 6.54 Å². The highest BCUT2D eigenvalue weighted by Crippen LogP contribution is 2.30. The molecule has 2 amide bonds. The third-order valence-corrected chi connectivity index (χ3v) is 10.1. The Morgan fingerprint density at radius 3 is 2.67 bits per heavy atom. The van der Waals surface area contributed by atoms with Crippen molar-refractivity contribution < 1.29 is 31.3 Å². The van der Waals surface area contributed by atoms with Gasteiger partial charge in [-0.3, -0.25) is 9.59 Å². The minimum absolute atomic E-state index is 0.0512. The summed E-state index contributed by atoms with van der Waals surface area (Å²) in [6.07, 6.45) is 3.22. The molecule has 3 aromatic heterocycles. The Kier molecular flexibility index (Phi) is 8.49. The highest BCUT2D eigenvalue weighted by molar-refractivity contribution is 7.89. The van der Waals surface area contributed by atoms with Crippen LogP contribution in [0.25, 0.3) is 10.7 Å². The number of sulfonamides is 1. The van der Waals surface area contributed by atoms with Crippen LogP contribution in [-0.4, -0.2) is 80.7 Å². The Morgan fingerprint density at radius 2 is 1.93 bits per heavy atom. The molecule has 13 nitrogen and oxygen atoms in total. The van der Waals surface area contributed by atoms with Gasteiger partial charge in [0.25, 0.3) is 5.91 Å². The number of thiophene rings is 1. The van der Waals surface area contributed by atoms with Crippen LogP contribution >= 0.6 is 11.3 Å². The molecule has 17 heteroatoms. The highest BCUT2D eigenvalue weighted by atomic mass is 32.2. The normalized spacial score (nSPS) is 16.2. The van der Waals surface area contributed by atoms with Crippen LogP contribution in [0.2, 0.25) is 0 Å². The number of hydrogen-bond acceptors (Lipinski definition) is 10. The van der Waals surface area contributed by atoms with Crippen molar-refractivity contribution in [1.82, 2.24) is 39.7 Å². The van der Waals surface area contributed by atoms with Gasteiger partial charge in [-0.2, -0.15) is 13.8 Å². The fourth-order valence-corrected chi connectivity index (χ4v) is 7.12. The molecule has 1 N–H and O–H groups in total. The molecule has 1 aromatic carbocycles. The van der Waals surface area contributed by atoms with Crippen LogP contribution in [0.5, 0.6) is 0 Å². The average molecular weight is 661 g/mol. The van der Waals surface area contributed by atoms with Crippen molar-refractivity contribution in [3.05, 3.63) is 64.6 Å². The molecule has 0 bridgehead atoms. The van der Waals surface area contributed by atoms with Crippen LogP contribution < -0.4 is 4.72 Å². The molecular formula is C28H30F2N8O5S2. The van der Waals surface area contributed by atoms with Gasteiger partial charge >= 0.3 is 5.92 Å². The van der Waals surface area contributed by atoms with E-state index >= 15 is 0 Å². The molecule has 4 aromatic rings. The zero-order valence-electron chi connectivity index (χ0n) is 24.2. The molecule has 0 radical (unpaired) electrons. The summed E-state index contributed by atoms with van der Waals surface area (Å²) in [5, 5.41) is 14.0. The van der Waals surface area contributed by atoms with Gasteiger partial charge in [0, 0.05) is 39.0 Å². The highest BCUT2D eigenvalue weighted by Gasteiger charge is 2.38. The fourth-order valence-electron chi connectivity index (χ4n) is 5.42. The number of nitrogens with zero attached hydrogens (tertiary/aromatic N) is 7. The predicted molar refractivity (Wildman–Crippen MR) is 156 cm³/mol. The lowest BCUT2D eigenvalue weighted by atomic mass is 9.97. The number of amides is 2. The lowest BCUT2D eigenvalue weighted by molar-refractivity contribution is -0.155. The summed E-state index contributed by atoms with van der Waals surface area (Å²) in [7, 11) is -4.00. The second-order valence-corrected chi connectivity index (χ2v) is 13.8. The summed E-state index contributed by atoms with van der Waals surface area (Å²) in [6, 6.07) is 8.32. The number of piperidine rings is 1. The van der Waals surface area contributed by atoms with Gasteiger partial charge in [0.15, 0.2) is 0 Å². The zero-order valence-corrected chi connectivity index (χ0v) is 25.9. The lowest BCUT2D eigenvalue weighted by Crippen LogP contribution is -2.44. The largest absolute Gasteiger partial charge is 0.341 e. The molecule has 1 fully saturated rings. The number of likely N-dealkylation sites (tertiary alicyclic amines) is 1. The third-order valence-electron chi connectivity index (χ3n) is 7.87. The first-order valence-electron chi connectivity index (χ1n) is 14.3. The van der Waals surface area contributed by atoms with Gasteiger partial charge < -0.3 is 14.3 Å². The Labute approximate surface area is 261 Å². The SMILES string of the molecule is CC(F)(F)C(=O)N1CCc2ccc(S(=O)(=O)NCc3cn(CC(=O)N4CCC(c5nc(-c6cccs6)no5)CC4)nn3)cc2C1. The number of carbonyl (C=O) groups excluding carboxylic acids is 2. The van der Waals surface area contributed by atoms with Crippen molar-refractivity contribution in [2.24, 2.45) is 0 Å². The standard InChI is InChI=1S/C28H30F2N8O5S2/c1-28(29,30)27(40)37-11-6-18-4-5-22(13-20(18)15-37)45(41,42)31-14-21-16-38(35-33-21)17-24(39)36-9-7-19(8-10-36)26-32-25(34-43-26)23-3-2-12-44-23/h2-5,12-13,16,19,31H,6-11,14-15,17H2,1H3. The van der Waals surface area contributed by atoms with E-state index in [0.717, 1.165) is 15.3 Å². The van der Waals surface area contributed by atoms with Crippen molar-refractivity contribution in [3.8, 4) is 10.7 Å². The molecule has 45 heavy (non-hydrogen) atoms. The monoisotopic (exact) mass is 660 g/mol. The third kappa shape index (κ3) is 6.94. The molecule has 0 spiro atoms. The molecule has 5 heterocycles. The number of alkyl halides is 2. The van der Waals surface area contributed by atoms with E-state index < -0.39 is 21.9 Å². The Balaban J connectivity index is 1.00. The predicted octanol–water partition coefficient (Wildman–Crippen LogP) is 2.81. The first-order chi connectivity index (χ1) is 21.5. The van der Waals surface area contributed by atoms with E-state index in [1.54, 1.807) is 11.0 Å². The summed E-state index contributed by atoms with van der Waals surface area (Å²) in [6.45, 7) is 1.39. The number of aromatic nitrogens is 5. The zero-order chi connectivity index (χ0) is 31.8. The smallest absolute Gasteiger partial charge is 0.322 e. The second kappa shape index (κ2) is 12.4. The maximum absolute atomic E-state index is 13.5. The molecule has 0 aliphatic carbocycles. The fraction of sp³-hybridized carbons (Fsp3) is 0.429. The summed E-state index contributed by atoms with van der Waals surface area (Å²) in [5.74, 6) is -3.74. The molecule has 2 aliphatic rings. The van der Waals surface area contributed by atoms with E-state index in [9.17, 15) is 26.8 Å². The van der Waals surface area contributed by atoms with Gasteiger partial charge in [0.2, 0.25) is 27.6 Å². The molecule has 0 atom stereocenters. The average Bonchev–Trinajstić information content (AvgIpc) is 3.81. The summed E-state index contributed by atoms with van der Waals surface area (Å²) >= 11 is 1.54. The van der Waals surface area contributed by atoms with E-state index in [-0.39, 0.29) is 42.9 Å². The van der Waals surface area contributed by atoms with Crippen molar-refractivity contribution in [3.63, 3.8) is 0 Å². The molecule has 0 saturated carbocycles. The number of benzene rings is 1. The summed E-state index contributed by atoms with van der Waals surface area (Å²) < 4.78 is 62.4. The lowest BCUT2D eigenvalue weighted by Gasteiger charge is -2.30. The molecule has 2 aliphatic heterocycles. The molecule has 1 saturated heterocycles. The van der Waals surface area contributed by atoms with Gasteiger partial charge in [-0.15, -0.1) is 16.4 Å².